The molecule has 3 saturated heterocycles. The number of carbonyl (C=O) groups excluding carboxylic acids is 1. The van der Waals surface area contributed by atoms with Gasteiger partial charge in [0.2, 0.25) is 5.91 Å². The quantitative estimate of drug-likeness (QED) is 0.453. The Kier molecular flexibility index (Phi) is 7.33. The maximum atomic E-state index is 14.9. The first-order valence-electron chi connectivity index (χ1n) is 15.3. The van der Waals surface area contributed by atoms with Crippen LogP contribution in [0.5, 0.6) is 11.8 Å². The van der Waals surface area contributed by atoms with Gasteiger partial charge in [-0.25, -0.2) is 8.78 Å². The number of anilines is 2. The van der Waals surface area contributed by atoms with Crippen LogP contribution >= 0.6 is 0 Å². The van der Waals surface area contributed by atoms with Crippen LogP contribution in [0.4, 0.5) is 20.3 Å². The van der Waals surface area contributed by atoms with E-state index in [1.165, 1.54) is 12.1 Å². The van der Waals surface area contributed by atoms with Crippen molar-refractivity contribution < 1.29 is 28.2 Å². The van der Waals surface area contributed by atoms with E-state index in [0.29, 0.717) is 79.3 Å². The highest BCUT2D eigenvalue weighted by Crippen LogP contribution is 2.42. The van der Waals surface area contributed by atoms with Gasteiger partial charge in [0.15, 0.2) is 0 Å². The van der Waals surface area contributed by atoms with E-state index < -0.39 is 6.17 Å². The topological polar surface area (TPSA) is 91.3 Å². The minimum Gasteiger partial charge on any atom is -0.508 e. The van der Waals surface area contributed by atoms with Gasteiger partial charge in [0.05, 0.1) is 36.5 Å². The molecule has 0 bridgehead atoms. The number of benzene rings is 2. The summed E-state index contributed by atoms with van der Waals surface area (Å²) in [6.07, 6.45) is 2.77. The van der Waals surface area contributed by atoms with Crippen molar-refractivity contribution in [1.29, 1.82) is 0 Å². The lowest BCUT2D eigenvalue weighted by Crippen LogP contribution is -2.44. The van der Waals surface area contributed by atoms with Crippen LogP contribution in [0.2, 0.25) is 0 Å². The summed E-state index contributed by atoms with van der Waals surface area (Å²) < 4.78 is 41.3. The highest BCUT2D eigenvalue weighted by Gasteiger charge is 2.49. The number of carbonyl (C=O) groups is 1. The molecule has 43 heavy (non-hydrogen) atoms. The third kappa shape index (κ3) is 5.06. The van der Waals surface area contributed by atoms with Crippen molar-refractivity contribution in [1.82, 2.24) is 14.9 Å². The fourth-order valence-corrected chi connectivity index (χ4v) is 7.48. The van der Waals surface area contributed by atoms with E-state index in [1.807, 2.05) is 6.92 Å². The summed E-state index contributed by atoms with van der Waals surface area (Å²) in [5.74, 6) is 0.124. The zero-order valence-electron chi connectivity index (χ0n) is 24.5. The Labute approximate surface area is 249 Å². The van der Waals surface area contributed by atoms with Crippen LogP contribution in [0.25, 0.3) is 10.8 Å². The van der Waals surface area contributed by atoms with E-state index in [4.69, 9.17) is 19.4 Å². The number of aromatic nitrogens is 2. The van der Waals surface area contributed by atoms with Gasteiger partial charge in [-0.1, -0.05) is 13.0 Å². The van der Waals surface area contributed by atoms with E-state index in [0.717, 1.165) is 37.9 Å². The lowest BCUT2D eigenvalue weighted by molar-refractivity contribution is -0.118. The number of halogens is 2. The highest BCUT2D eigenvalue weighted by atomic mass is 19.1. The van der Waals surface area contributed by atoms with Crippen LogP contribution < -0.4 is 14.5 Å². The molecule has 1 amide bonds. The number of amides is 1. The molecule has 5 heterocycles. The molecule has 3 aromatic rings. The normalized spacial score (nSPS) is 24.3. The number of fused-ring (bicyclic) bond motifs is 3. The van der Waals surface area contributed by atoms with Crippen LogP contribution in [0, 0.1) is 5.82 Å². The number of ether oxygens (including phenoxy) is 2. The van der Waals surface area contributed by atoms with Gasteiger partial charge in [0.25, 0.3) is 0 Å². The van der Waals surface area contributed by atoms with Crippen molar-refractivity contribution >= 4 is 28.2 Å². The van der Waals surface area contributed by atoms with Gasteiger partial charge in [-0.2, -0.15) is 9.97 Å². The van der Waals surface area contributed by atoms with Crippen molar-refractivity contribution in [3.05, 3.63) is 46.9 Å². The largest absolute Gasteiger partial charge is 0.508 e. The number of phenolic OH excluding ortho intramolecular Hbond substituents is 1. The molecule has 4 aliphatic rings. The van der Waals surface area contributed by atoms with Gasteiger partial charge in [0.1, 0.15) is 30.2 Å². The Morgan fingerprint density at radius 3 is 2.91 bits per heavy atom. The second-order valence-electron chi connectivity index (χ2n) is 12.2. The van der Waals surface area contributed by atoms with Gasteiger partial charge in [-0.15, -0.1) is 0 Å². The lowest BCUT2D eigenvalue weighted by Gasteiger charge is -2.34. The molecule has 2 aromatic carbocycles. The molecule has 7 rings (SSSR count). The number of alkyl halides is 1. The third-order valence-corrected chi connectivity index (χ3v) is 9.52. The lowest BCUT2D eigenvalue weighted by atomic mass is 9.95. The monoisotopic (exact) mass is 593 g/mol. The summed E-state index contributed by atoms with van der Waals surface area (Å²) in [6, 6.07) is 6.34. The van der Waals surface area contributed by atoms with Crippen molar-refractivity contribution in [2.45, 2.75) is 63.7 Å². The second-order valence-corrected chi connectivity index (χ2v) is 12.2. The molecule has 0 unspecified atom stereocenters. The van der Waals surface area contributed by atoms with Gasteiger partial charge >= 0.3 is 6.01 Å². The molecule has 11 heteroatoms. The van der Waals surface area contributed by atoms with Crippen LogP contribution in [0.3, 0.4) is 0 Å². The fourth-order valence-electron chi connectivity index (χ4n) is 7.48. The maximum absolute atomic E-state index is 14.9. The summed E-state index contributed by atoms with van der Waals surface area (Å²) in [4.78, 5) is 29.4. The predicted octanol–water partition coefficient (Wildman–Crippen LogP) is 4.31. The van der Waals surface area contributed by atoms with Crippen molar-refractivity contribution in [3.63, 3.8) is 0 Å². The van der Waals surface area contributed by atoms with E-state index in [-0.39, 0.29) is 42.0 Å². The Balaban J connectivity index is 1.28. The van der Waals surface area contributed by atoms with Crippen LogP contribution in [-0.2, 0) is 28.9 Å². The standard InChI is InChI=1S/C32H37F2N5O4/c1-2-23-25(34)6-5-20-13-22(40)14-27(29(20)23)39-18-26-24(15-28(39)41)30(37-8-4-11-42-12-10-37)36-31(35-26)43-19-32-7-3-9-38(32)17-21(33)16-32/h5-6,13-14,21,40H,2-4,7-12,15-19H2,1H3/t21-,32+/m1/s1. The zero-order chi connectivity index (χ0) is 29.7. The summed E-state index contributed by atoms with van der Waals surface area (Å²) in [5, 5.41) is 11.8. The SMILES string of the molecule is CCc1c(F)ccc2cc(O)cc(N3Cc4nc(OC[C@@]56CCCN5C[C@H](F)C6)nc(N5CCCOCC5)c4CC3=O)c12. The van der Waals surface area contributed by atoms with E-state index in [9.17, 15) is 18.7 Å². The zero-order valence-corrected chi connectivity index (χ0v) is 24.5. The average molecular weight is 594 g/mol. The predicted molar refractivity (Wildman–Crippen MR) is 158 cm³/mol. The molecule has 3 fully saturated rings. The average Bonchev–Trinajstić information content (AvgIpc) is 3.37. The Hall–Kier alpha value is -3.57. The van der Waals surface area contributed by atoms with Crippen molar-refractivity contribution in [2.75, 3.05) is 55.8 Å². The van der Waals surface area contributed by atoms with Gasteiger partial charge < -0.3 is 24.4 Å². The molecular formula is C32H37F2N5O4. The van der Waals surface area contributed by atoms with E-state index in [1.54, 1.807) is 17.0 Å². The molecule has 1 N–H and O–H groups in total. The molecule has 228 valence electrons. The number of hydrogen-bond donors (Lipinski definition) is 1. The first-order chi connectivity index (χ1) is 20.8. The summed E-state index contributed by atoms with van der Waals surface area (Å²) in [6.45, 7) is 6.13. The number of rotatable bonds is 6. The molecule has 9 nitrogen and oxygen atoms in total. The Bertz CT molecular complexity index is 1560. The Morgan fingerprint density at radius 2 is 2.05 bits per heavy atom. The minimum absolute atomic E-state index is 0.00479. The molecule has 0 spiro atoms. The number of aromatic hydroxyl groups is 1. The fraction of sp³-hybridized carbons (Fsp3) is 0.531. The van der Waals surface area contributed by atoms with E-state index >= 15 is 0 Å². The molecule has 0 radical (unpaired) electrons. The molecule has 1 aromatic heterocycles. The molecule has 0 aliphatic carbocycles. The number of phenols is 1. The van der Waals surface area contributed by atoms with Gasteiger partial charge in [-0.3, -0.25) is 9.69 Å². The molecule has 2 atom stereocenters. The molecular weight excluding hydrogens is 556 g/mol. The summed E-state index contributed by atoms with van der Waals surface area (Å²) >= 11 is 0. The third-order valence-electron chi connectivity index (χ3n) is 9.52. The summed E-state index contributed by atoms with van der Waals surface area (Å²) in [7, 11) is 0. The summed E-state index contributed by atoms with van der Waals surface area (Å²) in [5.41, 5.74) is 1.98. The number of hydrogen-bond acceptors (Lipinski definition) is 8. The van der Waals surface area contributed by atoms with Crippen molar-refractivity contribution in [2.24, 2.45) is 0 Å². The highest BCUT2D eigenvalue weighted by molar-refractivity contribution is 6.07. The Morgan fingerprint density at radius 1 is 1.16 bits per heavy atom. The number of nitrogens with zero attached hydrogens (tertiary/aromatic N) is 5. The van der Waals surface area contributed by atoms with Crippen LogP contribution in [-0.4, -0.2) is 83.6 Å². The van der Waals surface area contributed by atoms with Gasteiger partial charge in [-0.05, 0) is 55.3 Å². The van der Waals surface area contributed by atoms with E-state index in [2.05, 4.69) is 9.80 Å². The van der Waals surface area contributed by atoms with Crippen molar-refractivity contribution in [3.8, 4) is 11.8 Å². The van der Waals surface area contributed by atoms with Crippen LogP contribution in [0.1, 0.15) is 49.4 Å². The minimum atomic E-state index is -0.865. The maximum Gasteiger partial charge on any atom is 0.318 e. The second kappa shape index (κ2) is 11.2. The molecule has 4 aliphatic heterocycles. The molecule has 0 saturated carbocycles. The van der Waals surface area contributed by atoms with Gasteiger partial charge in [0, 0.05) is 49.7 Å². The first-order valence-corrected chi connectivity index (χ1v) is 15.3. The number of aryl methyl sites for hydroxylation is 1. The smallest absolute Gasteiger partial charge is 0.318 e. The first kappa shape index (κ1) is 28.2. The van der Waals surface area contributed by atoms with Crippen LogP contribution in [0.15, 0.2) is 24.3 Å².